The Morgan fingerprint density at radius 2 is 2.00 bits per heavy atom. The van der Waals surface area contributed by atoms with Crippen molar-refractivity contribution < 1.29 is 19.7 Å². The van der Waals surface area contributed by atoms with Crippen LogP contribution in [0.3, 0.4) is 0 Å². The molecule has 0 aromatic carbocycles. The summed E-state index contributed by atoms with van der Waals surface area (Å²) < 4.78 is 5.33. The highest BCUT2D eigenvalue weighted by molar-refractivity contribution is 5.87. The molecular weight excluding hydrogens is 208 g/mol. The SMILES string of the molecule is C=C(C)C(=O)OC(C)(CCC)CCC(O)O. The first kappa shape index (κ1) is 15.1. The summed E-state index contributed by atoms with van der Waals surface area (Å²) in [6.45, 7) is 8.91. The summed E-state index contributed by atoms with van der Waals surface area (Å²) in [7, 11) is 0. The quantitative estimate of drug-likeness (QED) is 0.397. The van der Waals surface area contributed by atoms with Crippen LogP contribution in [0.4, 0.5) is 0 Å². The average Bonchev–Trinajstić information content (AvgIpc) is 2.15. The van der Waals surface area contributed by atoms with Crippen LogP contribution in [0.2, 0.25) is 0 Å². The molecule has 0 aromatic rings. The highest BCUT2D eigenvalue weighted by Crippen LogP contribution is 2.25. The van der Waals surface area contributed by atoms with Gasteiger partial charge in [0, 0.05) is 12.0 Å². The van der Waals surface area contributed by atoms with Crippen LogP contribution in [0, 0.1) is 0 Å². The van der Waals surface area contributed by atoms with Gasteiger partial charge >= 0.3 is 5.97 Å². The number of ether oxygens (including phenoxy) is 1. The second-order valence-corrected chi connectivity index (χ2v) is 4.39. The fourth-order valence-corrected chi connectivity index (χ4v) is 1.50. The molecule has 0 aliphatic carbocycles. The van der Waals surface area contributed by atoms with E-state index in [0.717, 1.165) is 6.42 Å². The van der Waals surface area contributed by atoms with E-state index < -0.39 is 17.9 Å². The first-order valence-corrected chi connectivity index (χ1v) is 5.55. The van der Waals surface area contributed by atoms with Crippen molar-refractivity contribution >= 4 is 5.97 Å². The van der Waals surface area contributed by atoms with Crippen LogP contribution in [-0.2, 0) is 9.53 Å². The average molecular weight is 230 g/mol. The van der Waals surface area contributed by atoms with Crippen LogP contribution in [0.5, 0.6) is 0 Å². The minimum absolute atomic E-state index is 0.194. The molecule has 94 valence electrons. The Morgan fingerprint density at radius 3 is 2.38 bits per heavy atom. The molecule has 0 aliphatic rings. The number of carbonyl (C=O) groups excluding carboxylic acids is 1. The van der Waals surface area contributed by atoms with Gasteiger partial charge in [-0.1, -0.05) is 19.9 Å². The molecule has 0 saturated heterocycles. The van der Waals surface area contributed by atoms with Gasteiger partial charge in [0.2, 0.25) is 0 Å². The minimum Gasteiger partial charge on any atom is -0.456 e. The maximum Gasteiger partial charge on any atom is 0.333 e. The maximum atomic E-state index is 11.4. The number of carbonyl (C=O) groups is 1. The molecule has 0 bridgehead atoms. The molecule has 0 amide bonds. The molecule has 0 aromatic heterocycles. The second-order valence-electron chi connectivity index (χ2n) is 4.39. The normalized spacial score (nSPS) is 14.6. The van der Waals surface area contributed by atoms with Crippen LogP contribution in [0.25, 0.3) is 0 Å². The fraction of sp³-hybridized carbons (Fsp3) is 0.750. The van der Waals surface area contributed by atoms with Gasteiger partial charge in [-0.05, 0) is 26.7 Å². The van der Waals surface area contributed by atoms with Gasteiger partial charge in [0.25, 0.3) is 0 Å². The number of hydrogen-bond acceptors (Lipinski definition) is 4. The van der Waals surface area contributed by atoms with Gasteiger partial charge in [-0.2, -0.15) is 0 Å². The summed E-state index contributed by atoms with van der Waals surface area (Å²) in [5.41, 5.74) is -0.291. The van der Waals surface area contributed by atoms with Gasteiger partial charge < -0.3 is 14.9 Å². The van der Waals surface area contributed by atoms with Crippen molar-refractivity contribution in [2.45, 2.75) is 58.3 Å². The van der Waals surface area contributed by atoms with Crippen molar-refractivity contribution in [1.29, 1.82) is 0 Å². The lowest BCUT2D eigenvalue weighted by molar-refractivity contribution is -0.156. The van der Waals surface area contributed by atoms with E-state index in [2.05, 4.69) is 6.58 Å². The van der Waals surface area contributed by atoms with Crippen molar-refractivity contribution in [3.8, 4) is 0 Å². The maximum absolute atomic E-state index is 11.4. The van der Waals surface area contributed by atoms with Crippen LogP contribution in [0.1, 0.15) is 46.5 Å². The fourth-order valence-electron chi connectivity index (χ4n) is 1.50. The molecule has 4 heteroatoms. The molecule has 0 saturated carbocycles. The number of aliphatic hydroxyl groups excluding tert-OH is 1. The van der Waals surface area contributed by atoms with Crippen LogP contribution in [0.15, 0.2) is 12.2 Å². The molecule has 16 heavy (non-hydrogen) atoms. The van der Waals surface area contributed by atoms with Gasteiger partial charge in [-0.25, -0.2) is 4.79 Å². The molecule has 2 N–H and O–H groups in total. The first-order valence-electron chi connectivity index (χ1n) is 5.55. The Hall–Kier alpha value is -0.870. The summed E-state index contributed by atoms with van der Waals surface area (Å²) >= 11 is 0. The van der Waals surface area contributed by atoms with E-state index in [-0.39, 0.29) is 6.42 Å². The van der Waals surface area contributed by atoms with Crippen molar-refractivity contribution in [3.05, 3.63) is 12.2 Å². The Labute approximate surface area is 96.9 Å². The van der Waals surface area contributed by atoms with E-state index in [1.165, 1.54) is 0 Å². The largest absolute Gasteiger partial charge is 0.456 e. The molecule has 0 fully saturated rings. The van der Waals surface area contributed by atoms with Crippen LogP contribution >= 0.6 is 0 Å². The third-order valence-corrected chi connectivity index (χ3v) is 2.40. The Bertz CT molecular complexity index is 247. The smallest absolute Gasteiger partial charge is 0.333 e. The van der Waals surface area contributed by atoms with Crippen LogP contribution < -0.4 is 0 Å². The van der Waals surface area contributed by atoms with E-state index in [1.54, 1.807) is 13.8 Å². The molecule has 1 unspecified atom stereocenters. The standard InChI is InChI=1S/C12H22O4/c1-5-7-12(4,8-6-10(13)14)16-11(15)9(2)3/h10,13-14H,2,5-8H2,1,3-4H3. The molecule has 0 heterocycles. The van der Waals surface area contributed by atoms with Crippen molar-refractivity contribution in [2.75, 3.05) is 0 Å². The lowest BCUT2D eigenvalue weighted by atomic mass is 9.94. The summed E-state index contributed by atoms with van der Waals surface area (Å²) in [6, 6.07) is 0. The van der Waals surface area contributed by atoms with Gasteiger partial charge in [-0.15, -0.1) is 0 Å². The summed E-state index contributed by atoms with van der Waals surface area (Å²) in [6.07, 6.45) is 0.817. The number of rotatable bonds is 7. The summed E-state index contributed by atoms with van der Waals surface area (Å²) in [4.78, 5) is 11.4. The Morgan fingerprint density at radius 1 is 1.44 bits per heavy atom. The Kier molecular flexibility index (Phi) is 6.29. The number of esters is 1. The summed E-state index contributed by atoms with van der Waals surface area (Å²) in [5, 5.41) is 17.6. The van der Waals surface area contributed by atoms with Gasteiger partial charge in [0.15, 0.2) is 6.29 Å². The molecule has 0 aliphatic heterocycles. The lowest BCUT2D eigenvalue weighted by Gasteiger charge is -2.29. The predicted molar refractivity (Wildman–Crippen MR) is 61.7 cm³/mol. The molecule has 0 spiro atoms. The monoisotopic (exact) mass is 230 g/mol. The van der Waals surface area contributed by atoms with E-state index in [9.17, 15) is 4.79 Å². The molecule has 0 radical (unpaired) electrons. The zero-order valence-electron chi connectivity index (χ0n) is 10.3. The van der Waals surface area contributed by atoms with E-state index >= 15 is 0 Å². The number of aliphatic hydroxyl groups is 2. The third-order valence-electron chi connectivity index (χ3n) is 2.40. The van der Waals surface area contributed by atoms with E-state index in [1.807, 2.05) is 6.92 Å². The minimum atomic E-state index is -1.36. The topological polar surface area (TPSA) is 66.8 Å². The number of hydrogen-bond donors (Lipinski definition) is 2. The van der Waals surface area contributed by atoms with Crippen molar-refractivity contribution in [1.82, 2.24) is 0 Å². The van der Waals surface area contributed by atoms with Gasteiger partial charge in [0.05, 0.1) is 0 Å². The highest BCUT2D eigenvalue weighted by Gasteiger charge is 2.28. The van der Waals surface area contributed by atoms with E-state index in [4.69, 9.17) is 14.9 Å². The zero-order valence-corrected chi connectivity index (χ0v) is 10.3. The van der Waals surface area contributed by atoms with E-state index in [0.29, 0.717) is 18.4 Å². The van der Waals surface area contributed by atoms with Crippen LogP contribution in [-0.4, -0.2) is 28.1 Å². The van der Waals surface area contributed by atoms with Crippen molar-refractivity contribution in [3.63, 3.8) is 0 Å². The zero-order chi connectivity index (χ0) is 12.8. The predicted octanol–water partition coefficient (Wildman–Crippen LogP) is 1.76. The third kappa shape index (κ3) is 5.88. The first-order chi connectivity index (χ1) is 7.30. The van der Waals surface area contributed by atoms with Gasteiger partial charge in [-0.3, -0.25) is 0 Å². The molecular formula is C12H22O4. The molecule has 4 nitrogen and oxygen atoms in total. The second kappa shape index (κ2) is 6.66. The van der Waals surface area contributed by atoms with Gasteiger partial charge in [0.1, 0.15) is 5.60 Å². The molecule has 1 atom stereocenters. The van der Waals surface area contributed by atoms with Crippen molar-refractivity contribution in [2.24, 2.45) is 0 Å². The Balaban J connectivity index is 4.43. The summed E-state index contributed by atoms with van der Waals surface area (Å²) in [5.74, 6) is -0.427. The highest BCUT2D eigenvalue weighted by atomic mass is 16.6. The molecule has 0 rings (SSSR count). The lowest BCUT2D eigenvalue weighted by Crippen LogP contribution is -2.33.